The summed E-state index contributed by atoms with van der Waals surface area (Å²) in [5.74, 6) is 0.144. The number of rotatable bonds is 3. The number of nitrogens with one attached hydrogen (secondary N) is 1. The number of carbonyl (C=O) groups is 1. The molecule has 1 heterocycles. The number of aryl methyl sites for hydroxylation is 2. The molecular formula is C15H14N2O2. The summed E-state index contributed by atoms with van der Waals surface area (Å²) in [6.45, 7) is 3.93. The summed E-state index contributed by atoms with van der Waals surface area (Å²) in [4.78, 5) is 12.1. The van der Waals surface area contributed by atoms with Crippen molar-refractivity contribution in [3.05, 3.63) is 59.0 Å². The van der Waals surface area contributed by atoms with E-state index in [1.165, 1.54) is 6.26 Å². The Balaban J connectivity index is 2.16. The highest BCUT2D eigenvalue weighted by Gasteiger charge is 2.17. The second-order valence-electron chi connectivity index (χ2n) is 4.35. The summed E-state index contributed by atoms with van der Waals surface area (Å²) >= 11 is 0. The van der Waals surface area contributed by atoms with E-state index in [1.807, 2.05) is 26.0 Å². The van der Waals surface area contributed by atoms with Crippen molar-refractivity contribution in [1.82, 2.24) is 5.32 Å². The molecule has 0 spiro atoms. The third-order valence-electron chi connectivity index (χ3n) is 3.00. The van der Waals surface area contributed by atoms with Crippen LogP contribution in [0.25, 0.3) is 0 Å². The molecule has 1 amide bonds. The van der Waals surface area contributed by atoms with Gasteiger partial charge in [-0.2, -0.15) is 5.26 Å². The maximum Gasteiger partial charge on any atom is 0.252 e. The minimum atomic E-state index is -0.774. The van der Waals surface area contributed by atoms with E-state index in [4.69, 9.17) is 9.68 Å². The fourth-order valence-corrected chi connectivity index (χ4v) is 1.72. The van der Waals surface area contributed by atoms with Crippen molar-refractivity contribution in [2.75, 3.05) is 0 Å². The van der Waals surface area contributed by atoms with Crippen LogP contribution in [-0.4, -0.2) is 5.91 Å². The fourth-order valence-electron chi connectivity index (χ4n) is 1.72. The lowest BCUT2D eigenvalue weighted by Gasteiger charge is -2.10. The van der Waals surface area contributed by atoms with Crippen molar-refractivity contribution < 1.29 is 9.21 Å². The fraction of sp³-hybridized carbons (Fsp3) is 0.200. The lowest BCUT2D eigenvalue weighted by atomic mass is 10.1. The molecule has 1 atom stereocenters. The topological polar surface area (TPSA) is 66.0 Å². The van der Waals surface area contributed by atoms with Crippen molar-refractivity contribution in [2.45, 2.75) is 19.9 Å². The summed E-state index contributed by atoms with van der Waals surface area (Å²) in [7, 11) is 0. The molecule has 0 aliphatic heterocycles. The molecule has 2 aromatic rings. The largest absolute Gasteiger partial charge is 0.466 e. The van der Waals surface area contributed by atoms with E-state index in [9.17, 15) is 4.79 Å². The highest BCUT2D eigenvalue weighted by atomic mass is 16.3. The normalized spacial score (nSPS) is 11.6. The van der Waals surface area contributed by atoms with Gasteiger partial charge in [-0.05, 0) is 49.2 Å². The average molecular weight is 254 g/mol. The molecular weight excluding hydrogens is 240 g/mol. The van der Waals surface area contributed by atoms with E-state index in [2.05, 4.69) is 5.32 Å². The lowest BCUT2D eigenvalue weighted by molar-refractivity contribution is 0.0941. The molecule has 96 valence electrons. The lowest BCUT2D eigenvalue weighted by Crippen LogP contribution is -2.27. The molecule has 4 heteroatoms. The second-order valence-corrected chi connectivity index (χ2v) is 4.35. The van der Waals surface area contributed by atoms with Gasteiger partial charge in [-0.25, -0.2) is 0 Å². The summed E-state index contributed by atoms with van der Waals surface area (Å²) in [5.41, 5.74) is 2.70. The van der Waals surface area contributed by atoms with Crippen LogP contribution in [0.3, 0.4) is 0 Å². The van der Waals surface area contributed by atoms with Gasteiger partial charge in [0.05, 0.1) is 12.3 Å². The molecule has 1 unspecified atom stereocenters. The summed E-state index contributed by atoms with van der Waals surface area (Å²) in [6.07, 6.45) is 1.47. The van der Waals surface area contributed by atoms with Crippen LogP contribution in [0.5, 0.6) is 0 Å². The Morgan fingerprint density at radius 3 is 2.68 bits per heavy atom. The Morgan fingerprint density at radius 2 is 2.11 bits per heavy atom. The van der Waals surface area contributed by atoms with Gasteiger partial charge in [-0.1, -0.05) is 6.07 Å². The molecule has 1 N–H and O–H groups in total. The SMILES string of the molecule is Cc1ccc(C(=O)NC(C#N)c2ccco2)cc1C. The molecule has 0 saturated carbocycles. The van der Waals surface area contributed by atoms with Crippen LogP contribution in [-0.2, 0) is 0 Å². The van der Waals surface area contributed by atoms with E-state index in [0.717, 1.165) is 11.1 Å². The number of hydrogen-bond acceptors (Lipinski definition) is 3. The quantitative estimate of drug-likeness (QED) is 0.915. The number of carbonyl (C=O) groups excluding carboxylic acids is 1. The molecule has 2 rings (SSSR count). The number of amides is 1. The van der Waals surface area contributed by atoms with Gasteiger partial charge in [0.25, 0.3) is 5.91 Å². The molecule has 0 aliphatic rings. The highest BCUT2D eigenvalue weighted by Crippen LogP contribution is 2.15. The monoisotopic (exact) mass is 254 g/mol. The van der Waals surface area contributed by atoms with Crippen LogP contribution in [0.15, 0.2) is 41.0 Å². The average Bonchev–Trinajstić information content (AvgIpc) is 2.92. The van der Waals surface area contributed by atoms with Gasteiger partial charge in [0, 0.05) is 5.56 Å². The van der Waals surface area contributed by atoms with E-state index >= 15 is 0 Å². The number of benzene rings is 1. The highest BCUT2D eigenvalue weighted by molar-refractivity contribution is 5.94. The first-order valence-corrected chi connectivity index (χ1v) is 5.93. The Kier molecular flexibility index (Phi) is 3.67. The van der Waals surface area contributed by atoms with Gasteiger partial charge in [0.15, 0.2) is 6.04 Å². The Hall–Kier alpha value is -2.54. The first kappa shape index (κ1) is 12.9. The second kappa shape index (κ2) is 5.40. The van der Waals surface area contributed by atoms with Crippen LogP contribution < -0.4 is 5.32 Å². The summed E-state index contributed by atoms with van der Waals surface area (Å²) < 4.78 is 5.13. The standard InChI is InChI=1S/C15H14N2O2/c1-10-5-6-12(8-11(10)2)15(18)17-13(9-16)14-4-3-7-19-14/h3-8,13H,1-2H3,(H,17,18). The first-order chi connectivity index (χ1) is 9.11. The van der Waals surface area contributed by atoms with Gasteiger partial charge < -0.3 is 9.73 Å². The maximum absolute atomic E-state index is 12.1. The maximum atomic E-state index is 12.1. The number of hydrogen-bond donors (Lipinski definition) is 1. The van der Waals surface area contributed by atoms with Crippen LogP contribution in [0.4, 0.5) is 0 Å². The molecule has 1 aromatic heterocycles. The molecule has 0 saturated heterocycles. The van der Waals surface area contributed by atoms with Crippen LogP contribution >= 0.6 is 0 Å². The third-order valence-corrected chi connectivity index (χ3v) is 3.00. The Morgan fingerprint density at radius 1 is 1.32 bits per heavy atom. The minimum Gasteiger partial charge on any atom is -0.466 e. The van der Waals surface area contributed by atoms with Crippen molar-refractivity contribution in [2.24, 2.45) is 0 Å². The predicted molar refractivity (Wildman–Crippen MR) is 70.4 cm³/mol. The van der Waals surface area contributed by atoms with Crippen molar-refractivity contribution in [3.8, 4) is 6.07 Å². The zero-order valence-corrected chi connectivity index (χ0v) is 10.8. The molecule has 4 nitrogen and oxygen atoms in total. The number of nitrogens with zero attached hydrogens (tertiary/aromatic N) is 1. The van der Waals surface area contributed by atoms with Crippen LogP contribution in [0.2, 0.25) is 0 Å². The molecule has 0 bridgehead atoms. The van der Waals surface area contributed by atoms with Crippen LogP contribution in [0, 0.1) is 25.2 Å². The minimum absolute atomic E-state index is 0.286. The van der Waals surface area contributed by atoms with Crippen LogP contribution in [0.1, 0.15) is 33.3 Å². The van der Waals surface area contributed by atoms with Gasteiger partial charge in [-0.3, -0.25) is 4.79 Å². The predicted octanol–water partition coefficient (Wildman–Crippen LogP) is 2.89. The number of nitriles is 1. The van der Waals surface area contributed by atoms with Gasteiger partial charge in [0.2, 0.25) is 0 Å². The first-order valence-electron chi connectivity index (χ1n) is 5.93. The van der Waals surface area contributed by atoms with E-state index in [0.29, 0.717) is 11.3 Å². The summed E-state index contributed by atoms with van der Waals surface area (Å²) in [6, 6.07) is 10.0. The molecule has 19 heavy (non-hydrogen) atoms. The van der Waals surface area contributed by atoms with E-state index in [-0.39, 0.29) is 5.91 Å². The number of furan rings is 1. The Bertz CT molecular complexity index is 624. The third kappa shape index (κ3) is 2.83. The van der Waals surface area contributed by atoms with Crippen molar-refractivity contribution >= 4 is 5.91 Å². The zero-order valence-electron chi connectivity index (χ0n) is 10.8. The Labute approximate surface area is 111 Å². The smallest absolute Gasteiger partial charge is 0.252 e. The van der Waals surface area contributed by atoms with Gasteiger partial charge >= 0.3 is 0 Å². The van der Waals surface area contributed by atoms with Crippen molar-refractivity contribution in [1.29, 1.82) is 5.26 Å². The van der Waals surface area contributed by atoms with Crippen molar-refractivity contribution in [3.63, 3.8) is 0 Å². The zero-order chi connectivity index (χ0) is 13.8. The molecule has 0 aliphatic carbocycles. The summed E-state index contributed by atoms with van der Waals surface area (Å²) in [5, 5.41) is 11.7. The molecule has 0 radical (unpaired) electrons. The van der Waals surface area contributed by atoms with E-state index < -0.39 is 6.04 Å². The molecule has 0 fully saturated rings. The van der Waals surface area contributed by atoms with Gasteiger partial charge in [0.1, 0.15) is 5.76 Å². The van der Waals surface area contributed by atoms with E-state index in [1.54, 1.807) is 24.3 Å². The molecule has 1 aromatic carbocycles. The van der Waals surface area contributed by atoms with Gasteiger partial charge in [-0.15, -0.1) is 0 Å².